The Morgan fingerprint density at radius 1 is 1.47 bits per heavy atom. The van der Waals surface area contributed by atoms with Gasteiger partial charge < -0.3 is 10.3 Å². The summed E-state index contributed by atoms with van der Waals surface area (Å²) in [6, 6.07) is 6.89. The molecule has 0 unspecified atom stereocenters. The molecule has 1 atom stereocenters. The van der Waals surface area contributed by atoms with Crippen LogP contribution in [-0.4, -0.2) is 16.4 Å². The maximum absolute atomic E-state index is 6.06. The highest BCUT2D eigenvalue weighted by Crippen LogP contribution is 2.25. The molecule has 0 bridgehead atoms. The molecule has 1 aromatic heterocycles. The lowest BCUT2D eigenvalue weighted by Crippen LogP contribution is -2.12. The molecule has 4 nitrogen and oxygen atoms in total. The van der Waals surface area contributed by atoms with E-state index in [2.05, 4.69) is 10.1 Å². The third-order valence-corrected chi connectivity index (χ3v) is 3.15. The third-order valence-electron chi connectivity index (χ3n) is 2.26. The summed E-state index contributed by atoms with van der Waals surface area (Å²) in [5.74, 6) is 1.75. The van der Waals surface area contributed by atoms with Crippen LogP contribution < -0.4 is 5.73 Å². The topological polar surface area (TPSA) is 64.9 Å². The van der Waals surface area contributed by atoms with Gasteiger partial charge in [-0.2, -0.15) is 16.7 Å². The molecule has 0 amide bonds. The summed E-state index contributed by atoms with van der Waals surface area (Å²) in [6.07, 6.45) is 1.98. The normalized spacial score (nSPS) is 12.6. The molecule has 2 N–H and O–H groups in total. The van der Waals surface area contributed by atoms with E-state index in [9.17, 15) is 0 Å². The van der Waals surface area contributed by atoms with E-state index in [1.165, 1.54) is 0 Å². The van der Waals surface area contributed by atoms with Gasteiger partial charge in [-0.25, -0.2) is 0 Å². The van der Waals surface area contributed by atoms with E-state index in [1.807, 2.05) is 24.5 Å². The van der Waals surface area contributed by atoms with Crippen LogP contribution in [0.2, 0.25) is 5.02 Å². The molecule has 2 rings (SSSR count). The minimum Gasteiger partial charge on any atom is -0.337 e. The predicted octanol–water partition coefficient (Wildman–Crippen LogP) is 2.63. The molecule has 2 aromatic rings. The molecule has 0 fully saturated rings. The monoisotopic (exact) mass is 269 g/mol. The third kappa shape index (κ3) is 2.80. The number of hydrogen-bond acceptors (Lipinski definition) is 5. The van der Waals surface area contributed by atoms with E-state index in [1.54, 1.807) is 17.8 Å². The molecule has 6 heteroatoms. The molecule has 1 aromatic carbocycles. The van der Waals surface area contributed by atoms with Gasteiger partial charge in [0.25, 0.3) is 0 Å². The number of rotatable bonds is 4. The largest absolute Gasteiger partial charge is 0.337 e. The summed E-state index contributed by atoms with van der Waals surface area (Å²) < 4.78 is 5.13. The smallest absolute Gasteiger partial charge is 0.248 e. The van der Waals surface area contributed by atoms with Gasteiger partial charge in [-0.05, 0) is 17.9 Å². The van der Waals surface area contributed by atoms with Crippen LogP contribution in [-0.2, 0) is 5.75 Å². The highest BCUT2D eigenvalue weighted by Gasteiger charge is 2.18. The quantitative estimate of drug-likeness (QED) is 0.924. The fraction of sp³-hybridized carbons (Fsp3) is 0.273. The summed E-state index contributed by atoms with van der Waals surface area (Å²) in [4.78, 5) is 4.24. The zero-order chi connectivity index (χ0) is 12.3. The molecule has 17 heavy (non-hydrogen) atoms. The van der Waals surface area contributed by atoms with Crippen LogP contribution in [0.5, 0.6) is 0 Å². The number of hydrogen-bond donors (Lipinski definition) is 1. The van der Waals surface area contributed by atoms with Gasteiger partial charge in [-0.1, -0.05) is 35.0 Å². The summed E-state index contributed by atoms with van der Waals surface area (Å²) in [5.41, 5.74) is 6.82. The van der Waals surface area contributed by atoms with Crippen molar-refractivity contribution in [1.29, 1.82) is 0 Å². The first kappa shape index (κ1) is 12.4. The number of thioether (sulfide) groups is 1. The van der Waals surface area contributed by atoms with Gasteiger partial charge in [0.15, 0.2) is 5.82 Å². The van der Waals surface area contributed by atoms with Crippen LogP contribution >= 0.6 is 23.4 Å². The minimum atomic E-state index is -0.480. The first-order chi connectivity index (χ1) is 8.22. The highest BCUT2D eigenvalue weighted by atomic mass is 35.5. The summed E-state index contributed by atoms with van der Waals surface area (Å²) in [5, 5.41) is 4.45. The summed E-state index contributed by atoms with van der Waals surface area (Å²) in [7, 11) is 0. The van der Waals surface area contributed by atoms with Gasteiger partial charge in [-0.15, -0.1) is 0 Å². The number of benzene rings is 1. The highest BCUT2D eigenvalue weighted by molar-refractivity contribution is 7.97. The van der Waals surface area contributed by atoms with E-state index in [0.29, 0.717) is 22.5 Å². The van der Waals surface area contributed by atoms with E-state index in [0.717, 1.165) is 5.56 Å². The molecule has 1 heterocycles. The Kier molecular flexibility index (Phi) is 4.04. The molecule has 0 aliphatic rings. The van der Waals surface area contributed by atoms with Gasteiger partial charge in [0.2, 0.25) is 5.89 Å². The van der Waals surface area contributed by atoms with Crippen molar-refractivity contribution in [2.24, 2.45) is 5.73 Å². The maximum Gasteiger partial charge on any atom is 0.248 e. The van der Waals surface area contributed by atoms with Crippen molar-refractivity contribution in [3.63, 3.8) is 0 Å². The van der Waals surface area contributed by atoms with E-state index in [-0.39, 0.29) is 0 Å². The van der Waals surface area contributed by atoms with Crippen molar-refractivity contribution in [3.05, 3.63) is 46.6 Å². The minimum absolute atomic E-state index is 0.391. The van der Waals surface area contributed by atoms with E-state index < -0.39 is 6.04 Å². The van der Waals surface area contributed by atoms with E-state index in [4.69, 9.17) is 21.9 Å². The zero-order valence-electron chi connectivity index (χ0n) is 9.26. The Labute approximate surface area is 109 Å². The standard InChI is InChI=1S/C11H12ClN3OS/c1-17-6-9-14-11(16-15-9)10(13)7-4-2-3-5-8(7)12/h2-5,10H,6,13H2,1H3/t10-/m1/s1. The molecular weight excluding hydrogens is 258 g/mol. The first-order valence-corrected chi connectivity index (χ1v) is 6.81. The van der Waals surface area contributed by atoms with Gasteiger partial charge in [-0.3, -0.25) is 0 Å². The van der Waals surface area contributed by atoms with Gasteiger partial charge in [0.05, 0.1) is 5.75 Å². The van der Waals surface area contributed by atoms with Crippen LogP contribution in [0.1, 0.15) is 23.3 Å². The Morgan fingerprint density at radius 3 is 2.94 bits per heavy atom. The van der Waals surface area contributed by atoms with Crippen LogP contribution in [0.4, 0.5) is 0 Å². The van der Waals surface area contributed by atoms with Crippen molar-refractivity contribution in [2.45, 2.75) is 11.8 Å². The van der Waals surface area contributed by atoms with Crippen molar-refractivity contribution >= 4 is 23.4 Å². The van der Waals surface area contributed by atoms with Crippen LogP contribution in [0.3, 0.4) is 0 Å². The second-order valence-electron chi connectivity index (χ2n) is 3.48. The molecule has 0 aliphatic carbocycles. The number of aromatic nitrogens is 2. The first-order valence-electron chi connectivity index (χ1n) is 5.04. The lowest BCUT2D eigenvalue weighted by Gasteiger charge is -2.08. The summed E-state index contributed by atoms with van der Waals surface area (Å²) in [6.45, 7) is 0. The molecule has 0 saturated heterocycles. The Balaban J connectivity index is 2.24. The average Bonchev–Trinajstić information content (AvgIpc) is 2.78. The van der Waals surface area contributed by atoms with Gasteiger partial charge in [0.1, 0.15) is 6.04 Å². The molecule has 0 radical (unpaired) electrons. The fourth-order valence-electron chi connectivity index (χ4n) is 1.44. The van der Waals surface area contributed by atoms with Crippen molar-refractivity contribution in [3.8, 4) is 0 Å². The van der Waals surface area contributed by atoms with Crippen LogP contribution in [0.25, 0.3) is 0 Å². The average molecular weight is 270 g/mol. The molecule has 0 saturated carbocycles. The van der Waals surface area contributed by atoms with E-state index >= 15 is 0 Å². The maximum atomic E-state index is 6.06. The lowest BCUT2D eigenvalue weighted by atomic mass is 10.1. The van der Waals surface area contributed by atoms with Gasteiger partial charge in [0, 0.05) is 5.02 Å². The molecular formula is C11H12ClN3OS. The van der Waals surface area contributed by atoms with Crippen molar-refractivity contribution < 1.29 is 4.52 Å². The number of nitrogens with two attached hydrogens (primary N) is 1. The summed E-state index contributed by atoms with van der Waals surface area (Å²) >= 11 is 7.69. The van der Waals surface area contributed by atoms with Crippen LogP contribution in [0.15, 0.2) is 28.8 Å². The number of halogens is 1. The molecule has 0 spiro atoms. The Hall–Kier alpha value is -1.04. The fourth-order valence-corrected chi connectivity index (χ4v) is 2.07. The predicted molar refractivity (Wildman–Crippen MR) is 69.0 cm³/mol. The SMILES string of the molecule is CSCc1noc([C@H](N)c2ccccc2Cl)n1. The zero-order valence-corrected chi connectivity index (χ0v) is 10.8. The Bertz CT molecular complexity index is 503. The number of nitrogens with zero attached hydrogens (tertiary/aromatic N) is 2. The van der Waals surface area contributed by atoms with Gasteiger partial charge >= 0.3 is 0 Å². The Morgan fingerprint density at radius 2 is 2.24 bits per heavy atom. The van der Waals surface area contributed by atoms with Crippen molar-refractivity contribution in [1.82, 2.24) is 10.1 Å². The molecule has 0 aliphatic heterocycles. The van der Waals surface area contributed by atoms with Crippen LogP contribution in [0, 0.1) is 0 Å². The molecule has 90 valence electrons. The lowest BCUT2D eigenvalue weighted by molar-refractivity contribution is 0.363. The van der Waals surface area contributed by atoms with Crippen molar-refractivity contribution in [2.75, 3.05) is 6.26 Å². The second kappa shape index (κ2) is 5.53. The second-order valence-corrected chi connectivity index (χ2v) is 4.75.